The zero-order valence-electron chi connectivity index (χ0n) is 21.9. The van der Waals surface area contributed by atoms with Crippen LogP contribution in [0.3, 0.4) is 0 Å². The Balaban J connectivity index is 1.20. The lowest BCUT2D eigenvalue weighted by atomic mass is 9.83. The summed E-state index contributed by atoms with van der Waals surface area (Å²) in [5.41, 5.74) is 4.54. The molecule has 0 aliphatic heterocycles. The number of anilines is 2. The Morgan fingerprint density at radius 2 is 1.85 bits per heavy atom. The minimum Gasteiger partial charge on any atom is -0.326 e. The molecule has 2 N–H and O–H groups in total. The third-order valence-electron chi connectivity index (χ3n) is 6.96. The van der Waals surface area contributed by atoms with E-state index in [-0.39, 0.29) is 18.2 Å². The molecule has 0 spiro atoms. The number of fused-ring (bicyclic) bond motifs is 1. The van der Waals surface area contributed by atoms with Gasteiger partial charge in [-0.05, 0) is 79.1 Å². The fourth-order valence-corrected chi connectivity index (χ4v) is 7.25. The molecule has 0 saturated heterocycles. The SMILES string of the molecule is CC(Sc1cccc(NC(=O)Cc2ccc(Cl)cc2)c1)C(=O)Nc1sc2c(c1C#N)CCC(c1ccccc1)C2. The first-order valence-electron chi connectivity index (χ1n) is 13.1. The number of halogens is 1. The summed E-state index contributed by atoms with van der Waals surface area (Å²) in [6, 6.07) is 27.5. The number of hydrogen-bond donors (Lipinski definition) is 2. The van der Waals surface area contributed by atoms with Crippen LogP contribution in [0.25, 0.3) is 0 Å². The second kappa shape index (κ2) is 12.7. The van der Waals surface area contributed by atoms with Crippen LogP contribution in [-0.2, 0) is 28.9 Å². The van der Waals surface area contributed by atoms with Crippen LogP contribution < -0.4 is 10.6 Å². The van der Waals surface area contributed by atoms with E-state index >= 15 is 0 Å². The zero-order chi connectivity index (χ0) is 28.1. The van der Waals surface area contributed by atoms with Gasteiger partial charge in [0.05, 0.1) is 17.2 Å². The highest BCUT2D eigenvalue weighted by Crippen LogP contribution is 2.42. The fraction of sp³-hybridized carbons (Fsp3) is 0.219. The molecule has 0 radical (unpaired) electrons. The van der Waals surface area contributed by atoms with Crippen molar-refractivity contribution in [3.05, 3.63) is 111 Å². The molecule has 8 heteroatoms. The first-order chi connectivity index (χ1) is 19.4. The number of amides is 2. The second-order valence-electron chi connectivity index (χ2n) is 9.80. The van der Waals surface area contributed by atoms with Gasteiger partial charge in [-0.15, -0.1) is 23.1 Å². The summed E-state index contributed by atoms with van der Waals surface area (Å²) in [6.45, 7) is 1.84. The fourth-order valence-electron chi connectivity index (χ4n) is 4.91. The number of hydrogen-bond acceptors (Lipinski definition) is 5. The van der Waals surface area contributed by atoms with E-state index in [1.54, 1.807) is 12.1 Å². The van der Waals surface area contributed by atoms with E-state index in [4.69, 9.17) is 11.6 Å². The van der Waals surface area contributed by atoms with Crippen molar-refractivity contribution in [3.63, 3.8) is 0 Å². The van der Waals surface area contributed by atoms with Crippen molar-refractivity contribution in [1.82, 2.24) is 0 Å². The van der Waals surface area contributed by atoms with Crippen LogP contribution in [0.1, 0.15) is 46.4 Å². The van der Waals surface area contributed by atoms with E-state index in [2.05, 4.69) is 41.0 Å². The van der Waals surface area contributed by atoms with E-state index in [0.29, 0.717) is 27.2 Å². The Morgan fingerprint density at radius 1 is 1.07 bits per heavy atom. The minimum absolute atomic E-state index is 0.129. The van der Waals surface area contributed by atoms with Crippen LogP contribution in [0.4, 0.5) is 10.7 Å². The maximum absolute atomic E-state index is 13.2. The predicted molar refractivity (Wildman–Crippen MR) is 164 cm³/mol. The van der Waals surface area contributed by atoms with Gasteiger partial charge in [0.1, 0.15) is 11.1 Å². The summed E-state index contributed by atoms with van der Waals surface area (Å²) >= 11 is 8.86. The van der Waals surface area contributed by atoms with Crippen LogP contribution >= 0.6 is 34.7 Å². The molecule has 0 fully saturated rings. The third kappa shape index (κ3) is 6.76. The number of benzene rings is 3. The van der Waals surface area contributed by atoms with Crippen LogP contribution in [0.2, 0.25) is 5.02 Å². The zero-order valence-corrected chi connectivity index (χ0v) is 24.3. The quantitative estimate of drug-likeness (QED) is 0.206. The summed E-state index contributed by atoms with van der Waals surface area (Å²) in [4.78, 5) is 27.7. The van der Waals surface area contributed by atoms with Gasteiger partial charge < -0.3 is 10.6 Å². The molecule has 2 atom stereocenters. The Hall–Kier alpha value is -3.57. The van der Waals surface area contributed by atoms with Crippen LogP contribution in [-0.4, -0.2) is 17.1 Å². The summed E-state index contributed by atoms with van der Waals surface area (Å²) < 4.78 is 0. The number of thioether (sulfide) groups is 1. The van der Waals surface area contributed by atoms with E-state index in [0.717, 1.165) is 35.3 Å². The highest BCUT2D eigenvalue weighted by Gasteiger charge is 2.28. The lowest BCUT2D eigenvalue weighted by molar-refractivity contribution is -0.116. The Labute approximate surface area is 247 Å². The minimum atomic E-state index is -0.400. The monoisotopic (exact) mass is 585 g/mol. The third-order valence-corrected chi connectivity index (χ3v) is 9.48. The molecule has 2 amide bonds. The molecule has 3 aromatic carbocycles. The number of rotatable bonds is 8. The topological polar surface area (TPSA) is 82.0 Å². The second-order valence-corrected chi connectivity index (χ2v) is 12.8. The number of thiophene rings is 1. The number of nitrogens with zero attached hydrogens (tertiary/aromatic N) is 1. The van der Waals surface area contributed by atoms with Crippen molar-refractivity contribution in [3.8, 4) is 6.07 Å². The molecule has 1 aliphatic rings. The van der Waals surface area contributed by atoms with Crippen molar-refractivity contribution >= 4 is 57.2 Å². The van der Waals surface area contributed by atoms with Crippen molar-refractivity contribution in [2.24, 2.45) is 0 Å². The lowest BCUT2D eigenvalue weighted by Crippen LogP contribution is -2.22. The lowest BCUT2D eigenvalue weighted by Gasteiger charge is -2.22. The number of nitriles is 1. The largest absolute Gasteiger partial charge is 0.326 e. The van der Waals surface area contributed by atoms with Gasteiger partial charge in [0.2, 0.25) is 11.8 Å². The van der Waals surface area contributed by atoms with Gasteiger partial charge in [0.25, 0.3) is 0 Å². The molecular weight excluding hydrogens is 558 g/mol. The molecule has 40 heavy (non-hydrogen) atoms. The summed E-state index contributed by atoms with van der Waals surface area (Å²) in [7, 11) is 0. The molecule has 202 valence electrons. The van der Waals surface area contributed by atoms with Crippen molar-refractivity contribution in [2.75, 3.05) is 10.6 Å². The Morgan fingerprint density at radius 3 is 2.60 bits per heavy atom. The number of carbonyl (C=O) groups excluding carboxylic acids is 2. The van der Waals surface area contributed by atoms with Gasteiger partial charge in [-0.3, -0.25) is 9.59 Å². The average Bonchev–Trinajstić information content (AvgIpc) is 3.31. The van der Waals surface area contributed by atoms with Gasteiger partial charge in [-0.2, -0.15) is 5.26 Å². The van der Waals surface area contributed by atoms with Crippen LogP contribution in [0.5, 0.6) is 0 Å². The van der Waals surface area contributed by atoms with Gasteiger partial charge in [-0.25, -0.2) is 0 Å². The summed E-state index contributed by atoms with van der Waals surface area (Å²) in [6.07, 6.45) is 2.96. The molecule has 0 bridgehead atoms. The van der Waals surface area contributed by atoms with E-state index in [1.807, 2.05) is 49.4 Å². The van der Waals surface area contributed by atoms with Crippen molar-refractivity contribution in [1.29, 1.82) is 5.26 Å². The Kier molecular flexibility index (Phi) is 8.91. The Bertz CT molecular complexity index is 1560. The highest BCUT2D eigenvalue weighted by molar-refractivity contribution is 8.00. The van der Waals surface area contributed by atoms with E-state index in [9.17, 15) is 14.9 Å². The molecule has 4 aromatic rings. The van der Waals surface area contributed by atoms with Gasteiger partial charge in [0.15, 0.2) is 0 Å². The van der Waals surface area contributed by atoms with Gasteiger partial charge in [0, 0.05) is 20.5 Å². The first-order valence-corrected chi connectivity index (χ1v) is 15.2. The van der Waals surface area contributed by atoms with E-state index < -0.39 is 5.25 Å². The molecule has 0 saturated carbocycles. The molecule has 2 unspecified atom stereocenters. The maximum Gasteiger partial charge on any atom is 0.238 e. The van der Waals surface area contributed by atoms with Gasteiger partial charge in [-0.1, -0.05) is 60.1 Å². The number of carbonyl (C=O) groups is 2. The molecule has 1 heterocycles. The first kappa shape index (κ1) is 28.0. The predicted octanol–water partition coefficient (Wildman–Crippen LogP) is 7.85. The van der Waals surface area contributed by atoms with Crippen LogP contribution in [0, 0.1) is 11.3 Å². The summed E-state index contributed by atoms with van der Waals surface area (Å²) in [5.74, 6) is 0.142. The summed E-state index contributed by atoms with van der Waals surface area (Å²) in [5, 5.41) is 16.7. The van der Waals surface area contributed by atoms with Crippen LogP contribution in [0.15, 0.2) is 83.8 Å². The molecule has 1 aromatic heterocycles. The van der Waals surface area contributed by atoms with Crippen molar-refractivity contribution < 1.29 is 9.59 Å². The standard InChI is InChI=1S/C32H28ClN3O2S2/c1-20(39-26-9-5-8-25(18-26)35-30(37)16-21-10-13-24(33)14-11-21)31(38)36-32-28(19-34)27-15-12-23(17-29(27)40-32)22-6-3-2-4-7-22/h2-11,13-14,18,20,23H,12,15-17H2,1H3,(H,35,37)(H,36,38). The maximum atomic E-state index is 13.2. The smallest absolute Gasteiger partial charge is 0.238 e. The molecule has 5 rings (SSSR count). The molecular formula is C32H28ClN3O2S2. The van der Waals surface area contributed by atoms with Gasteiger partial charge >= 0.3 is 0 Å². The average molecular weight is 586 g/mol. The number of nitrogens with one attached hydrogen (secondary N) is 2. The molecule has 5 nitrogen and oxygen atoms in total. The van der Waals surface area contributed by atoms with Crippen molar-refractivity contribution in [2.45, 2.75) is 48.7 Å². The normalized spacial score (nSPS) is 15.0. The van der Waals surface area contributed by atoms with E-state index in [1.165, 1.54) is 33.5 Å². The molecule has 1 aliphatic carbocycles. The highest BCUT2D eigenvalue weighted by atomic mass is 35.5.